The molecule has 2 aromatic heterocycles. The second kappa shape index (κ2) is 16.8. The van der Waals surface area contributed by atoms with Gasteiger partial charge in [0.25, 0.3) is 0 Å². The first kappa shape index (κ1) is 37.4. The second-order valence-electron chi connectivity index (χ2n) is 13.3. The lowest BCUT2D eigenvalue weighted by molar-refractivity contribution is -0.303. The number of rotatable bonds is 14. The van der Waals surface area contributed by atoms with Crippen molar-refractivity contribution >= 4 is 60.3 Å². The lowest BCUT2D eigenvalue weighted by Gasteiger charge is -2.36. The summed E-state index contributed by atoms with van der Waals surface area (Å²) in [5, 5.41) is 7.11. The number of hydrogen-bond donors (Lipinski definition) is 1. The molecule has 47 heavy (non-hydrogen) atoms. The fourth-order valence-corrected chi connectivity index (χ4v) is 8.03. The number of halogens is 1. The van der Waals surface area contributed by atoms with E-state index in [1.54, 1.807) is 19.2 Å². The Morgan fingerprint density at radius 1 is 1.06 bits per heavy atom. The molecule has 1 saturated carbocycles. The third-order valence-electron chi connectivity index (χ3n) is 9.10. The monoisotopic (exact) mass is 722 g/mol. The molecule has 1 fully saturated rings. The van der Waals surface area contributed by atoms with E-state index in [4.69, 9.17) is 35.3 Å². The number of anilines is 1. The molecular weight excluding hydrogens is 676 g/mol. The van der Waals surface area contributed by atoms with E-state index in [0.717, 1.165) is 41.0 Å². The lowest BCUT2D eigenvalue weighted by Crippen LogP contribution is -2.40. The highest BCUT2D eigenvalue weighted by Gasteiger charge is 2.37. The van der Waals surface area contributed by atoms with Gasteiger partial charge in [-0.2, -0.15) is 4.89 Å². The Kier molecular flexibility index (Phi) is 13.3. The quantitative estimate of drug-likeness (QED) is 0.100. The summed E-state index contributed by atoms with van der Waals surface area (Å²) in [5.41, 5.74) is 1.23. The van der Waals surface area contributed by atoms with Crippen molar-refractivity contribution in [1.82, 2.24) is 4.90 Å². The minimum absolute atomic E-state index is 0.0761. The normalized spacial score (nSPS) is 17.1. The van der Waals surface area contributed by atoms with Crippen LogP contribution in [0.3, 0.4) is 0 Å². The molecule has 2 heterocycles. The SMILES string of the molecule is COc1cc(NC(=O)OCCN(C)C2CCC(OOC(=O)C(c3cccs3)c3cccs3)CC2)c(Cl)cc1CO[Si](C)(C)C(C)(C)C. The number of thiophene rings is 2. The van der Waals surface area contributed by atoms with Crippen molar-refractivity contribution in [1.29, 1.82) is 0 Å². The summed E-state index contributed by atoms with van der Waals surface area (Å²) < 4.78 is 17.4. The van der Waals surface area contributed by atoms with Crippen molar-refractivity contribution < 1.29 is 33.3 Å². The number of amides is 1. The molecule has 13 heteroatoms. The molecule has 0 spiro atoms. The third kappa shape index (κ3) is 10.3. The van der Waals surface area contributed by atoms with E-state index in [1.165, 1.54) is 22.7 Å². The molecule has 0 saturated heterocycles. The largest absolute Gasteiger partial charge is 0.496 e. The maximum atomic E-state index is 13.0. The second-order valence-corrected chi connectivity index (χ2v) is 20.5. The van der Waals surface area contributed by atoms with Gasteiger partial charge in [-0.15, -0.1) is 22.7 Å². The Balaban J connectivity index is 1.18. The molecule has 1 aliphatic rings. The van der Waals surface area contributed by atoms with Crippen LogP contribution in [0.5, 0.6) is 5.75 Å². The number of nitrogens with zero attached hydrogens (tertiary/aromatic N) is 1. The fraction of sp³-hybridized carbons (Fsp3) is 0.529. The van der Waals surface area contributed by atoms with Crippen LogP contribution in [0.1, 0.15) is 67.7 Å². The van der Waals surface area contributed by atoms with E-state index in [2.05, 4.69) is 44.1 Å². The summed E-state index contributed by atoms with van der Waals surface area (Å²) >= 11 is 9.59. The van der Waals surface area contributed by atoms with Crippen molar-refractivity contribution in [3.05, 3.63) is 67.5 Å². The molecule has 0 bridgehead atoms. The number of carbonyl (C=O) groups excluding carboxylic acids is 2. The van der Waals surface area contributed by atoms with Gasteiger partial charge in [0.1, 0.15) is 24.4 Å². The topological polar surface area (TPSA) is 95.6 Å². The van der Waals surface area contributed by atoms with Gasteiger partial charge in [-0.3, -0.25) is 10.2 Å². The Morgan fingerprint density at radius 2 is 1.70 bits per heavy atom. The highest BCUT2D eigenvalue weighted by molar-refractivity contribution is 7.11. The van der Waals surface area contributed by atoms with Gasteiger partial charge < -0.3 is 18.8 Å². The average molecular weight is 723 g/mol. The van der Waals surface area contributed by atoms with Gasteiger partial charge in [-0.05, 0) is 79.8 Å². The predicted octanol–water partition coefficient (Wildman–Crippen LogP) is 9.09. The molecule has 1 amide bonds. The Hall–Kier alpha value is -2.45. The van der Waals surface area contributed by atoms with Crippen LogP contribution in [0.4, 0.5) is 10.5 Å². The summed E-state index contributed by atoms with van der Waals surface area (Å²) in [6.45, 7) is 12.1. The van der Waals surface area contributed by atoms with E-state index >= 15 is 0 Å². The van der Waals surface area contributed by atoms with E-state index < -0.39 is 26.3 Å². The maximum absolute atomic E-state index is 13.0. The molecule has 4 rings (SSSR count). The van der Waals surface area contributed by atoms with E-state index in [1.807, 2.05) is 42.1 Å². The number of methoxy groups -OCH3 is 1. The summed E-state index contributed by atoms with van der Waals surface area (Å²) in [6, 6.07) is 11.5. The predicted molar refractivity (Wildman–Crippen MR) is 191 cm³/mol. The first-order valence-corrected chi connectivity index (χ1v) is 20.9. The molecule has 258 valence electrons. The molecule has 1 aliphatic carbocycles. The van der Waals surface area contributed by atoms with Crippen LogP contribution in [0.25, 0.3) is 0 Å². The molecular formula is C34H47ClN2O7S2Si. The summed E-state index contributed by atoms with van der Waals surface area (Å²) in [4.78, 5) is 40.7. The van der Waals surface area contributed by atoms with Crippen molar-refractivity contribution in [2.75, 3.05) is 32.6 Å². The highest BCUT2D eigenvalue weighted by atomic mass is 35.5. The molecule has 0 atom stereocenters. The Labute approximate surface area is 292 Å². The van der Waals surface area contributed by atoms with Crippen LogP contribution < -0.4 is 10.1 Å². The smallest absolute Gasteiger partial charge is 0.411 e. The average Bonchev–Trinajstić information content (AvgIpc) is 3.76. The van der Waals surface area contributed by atoms with Crippen LogP contribution in [0.2, 0.25) is 23.2 Å². The Morgan fingerprint density at radius 3 is 2.26 bits per heavy atom. The number of likely N-dealkylation sites (N-methyl/N-ethyl adjacent to an activating group) is 1. The lowest BCUT2D eigenvalue weighted by atomic mass is 9.92. The van der Waals surface area contributed by atoms with Crippen molar-refractivity contribution in [3.8, 4) is 5.75 Å². The molecule has 3 aromatic rings. The van der Waals surface area contributed by atoms with E-state index in [0.29, 0.717) is 35.7 Å². The minimum atomic E-state index is -1.97. The Bertz CT molecular complexity index is 1400. The molecule has 0 aliphatic heterocycles. The molecule has 1 aromatic carbocycles. The zero-order valence-electron chi connectivity index (χ0n) is 28.3. The summed E-state index contributed by atoms with van der Waals surface area (Å²) in [6.07, 6.45) is 2.56. The molecule has 0 unspecified atom stereocenters. The van der Waals surface area contributed by atoms with E-state index in [-0.39, 0.29) is 17.7 Å². The number of hydrogen-bond acceptors (Lipinski definition) is 10. The van der Waals surface area contributed by atoms with Crippen molar-refractivity contribution in [3.63, 3.8) is 0 Å². The minimum Gasteiger partial charge on any atom is -0.496 e. The van der Waals surface area contributed by atoms with Crippen LogP contribution in [-0.4, -0.2) is 64.7 Å². The zero-order valence-corrected chi connectivity index (χ0v) is 31.7. The van der Waals surface area contributed by atoms with Gasteiger partial charge in [0, 0.05) is 34.0 Å². The van der Waals surface area contributed by atoms with Crippen LogP contribution in [-0.2, 0) is 30.3 Å². The number of carbonyl (C=O) groups is 2. The third-order valence-corrected chi connectivity index (χ3v) is 15.8. The zero-order chi connectivity index (χ0) is 34.2. The summed E-state index contributed by atoms with van der Waals surface area (Å²) in [7, 11) is 1.63. The van der Waals surface area contributed by atoms with Gasteiger partial charge in [-0.1, -0.05) is 44.5 Å². The molecule has 0 radical (unpaired) electrons. The molecule has 1 N–H and O–H groups in total. The van der Waals surface area contributed by atoms with E-state index in [9.17, 15) is 9.59 Å². The maximum Gasteiger partial charge on any atom is 0.411 e. The standard InChI is InChI=1S/C34H47ClN2O7S2Si/c1-34(2,3)47(6,7)42-22-23-20-26(35)27(21-28(23)40-5)36-33(39)41-17-16-37(4)24-12-14-25(15-13-24)43-44-32(38)31(29-10-8-18-45-29)30-11-9-19-46-30/h8-11,18-21,24-25,31H,12-17,22H2,1-7H3,(H,36,39). The van der Waals surface area contributed by atoms with Gasteiger partial charge >= 0.3 is 12.1 Å². The highest BCUT2D eigenvalue weighted by Crippen LogP contribution is 2.39. The van der Waals surface area contributed by atoms with Gasteiger partial charge in [0.2, 0.25) is 0 Å². The summed E-state index contributed by atoms with van der Waals surface area (Å²) in [5.74, 6) is -0.280. The van der Waals surface area contributed by atoms with Gasteiger partial charge in [0.05, 0.1) is 24.4 Å². The van der Waals surface area contributed by atoms with Crippen LogP contribution in [0, 0.1) is 0 Å². The number of ether oxygens (including phenoxy) is 2. The van der Waals surface area contributed by atoms with Crippen LogP contribution in [0.15, 0.2) is 47.2 Å². The van der Waals surface area contributed by atoms with Crippen LogP contribution >= 0.6 is 34.3 Å². The fourth-order valence-electron chi connectivity index (χ4n) is 5.11. The van der Waals surface area contributed by atoms with Crippen molar-refractivity contribution in [2.24, 2.45) is 0 Å². The van der Waals surface area contributed by atoms with Crippen molar-refractivity contribution in [2.45, 2.75) is 89.3 Å². The number of benzene rings is 1. The number of nitrogens with one attached hydrogen (secondary N) is 1. The molecule has 9 nitrogen and oxygen atoms in total. The first-order valence-electron chi connectivity index (χ1n) is 15.9. The van der Waals surface area contributed by atoms with Gasteiger partial charge in [-0.25, -0.2) is 9.59 Å². The first-order chi connectivity index (χ1) is 22.3. The van der Waals surface area contributed by atoms with Gasteiger partial charge in [0.15, 0.2) is 8.32 Å².